The lowest BCUT2D eigenvalue weighted by Gasteiger charge is -2.23. The highest BCUT2D eigenvalue weighted by Gasteiger charge is 2.19. The molecule has 0 radical (unpaired) electrons. The van der Waals surface area contributed by atoms with Gasteiger partial charge in [-0.3, -0.25) is 4.79 Å². The number of amides is 1. The molecule has 0 aromatic heterocycles. The Kier molecular flexibility index (Phi) is 6.02. The van der Waals surface area contributed by atoms with Crippen LogP contribution in [0.5, 0.6) is 0 Å². The highest BCUT2D eigenvalue weighted by Crippen LogP contribution is 2.21. The molecule has 0 atom stereocenters. The minimum Gasteiger partial charge on any atom is -0.478 e. The van der Waals surface area contributed by atoms with Crippen LogP contribution in [0.25, 0.3) is 0 Å². The Labute approximate surface area is 114 Å². The van der Waals surface area contributed by atoms with E-state index >= 15 is 0 Å². The molecule has 1 aliphatic carbocycles. The van der Waals surface area contributed by atoms with Gasteiger partial charge in [0.15, 0.2) is 0 Å². The SMILES string of the molecule is CC(C(=O)O)=C(C)C(=O)NCCN(C)C1CCCC1. The molecule has 0 aliphatic heterocycles. The van der Waals surface area contributed by atoms with Gasteiger partial charge < -0.3 is 15.3 Å². The Bertz CT molecular complexity index is 371. The Morgan fingerprint density at radius 3 is 2.32 bits per heavy atom. The predicted octanol–water partition coefficient (Wildman–Crippen LogP) is 1.40. The van der Waals surface area contributed by atoms with Gasteiger partial charge in [0.25, 0.3) is 0 Å². The molecule has 0 bridgehead atoms. The molecule has 19 heavy (non-hydrogen) atoms. The second-order valence-corrected chi connectivity index (χ2v) is 5.23. The summed E-state index contributed by atoms with van der Waals surface area (Å²) in [6.45, 7) is 4.34. The molecule has 5 heteroatoms. The molecular formula is C14H24N2O3. The number of carbonyl (C=O) groups excluding carboxylic acids is 1. The molecule has 0 unspecified atom stereocenters. The van der Waals surface area contributed by atoms with E-state index in [0.717, 1.165) is 6.54 Å². The summed E-state index contributed by atoms with van der Waals surface area (Å²) in [6, 6.07) is 0.634. The van der Waals surface area contributed by atoms with Gasteiger partial charge in [-0.1, -0.05) is 12.8 Å². The molecule has 0 heterocycles. The first-order chi connectivity index (χ1) is 8.93. The fourth-order valence-electron chi connectivity index (χ4n) is 2.34. The van der Waals surface area contributed by atoms with E-state index in [2.05, 4.69) is 17.3 Å². The zero-order valence-corrected chi connectivity index (χ0v) is 12.0. The average molecular weight is 268 g/mol. The van der Waals surface area contributed by atoms with Gasteiger partial charge in [-0.2, -0.15) is 0 Å². The lowest BCUT2D eigenvalue weighted by molar-refractivity contribution is -0.133. The van der Waals surface area contributed by atoms with E-state index in [-0.39, 0.29) is 17.1 Å². The van der Waals surface area contributed by atoms with Crippen molar-refractivity contribution in [1.29, 1.82) is 0 Å². The van der Waals surface area contributed by atoms with Crippen molar-refractivity contribution < 1.29 is 14.7 Å². The van der Waals surface area contributed by atoms with Gasteiger partial charge in [0.2, 0.25) is 5.91 Å². The van der Waals surface area contributed by atoms with E-state index in [1.165, 1.54) is 32.6 Å². The molecule has 0 saturated heterocycles. The highest BCUT2D eigenvalue weighted by molar-refractivity contribution is 6.01. The lowest BCUT2D eigenvalue weighted by Crippen LogP contribution is -2.37. The number of hydrogen-bond acceptors (Lipinski definition) is 3. The van der Waals surface area contributed by atoms with E-state index in [4.69, 9.17) is 5.11 Å². The van der Waals surface area contributed by atoms with E-state index in [1.54, 1.807) is 6.92 Å². The number of rotatable bonds is 6. The Hall–Kier alpha value is -1.36. The van der Waals surface area contributed by atoms with E-state index in [0.29, 0.717) is 12.6 Å². The molecule has 0 spiro atoms. The van der Waals surface area contributed by atoms with Gasteiger partial charge >= 0.3 is 5.97 Å². The summed E-state index contributed by atoms with van der Waals surface area (Å²) in [5.41, 5.74) is 0.373. The number of carboxylic acid groups (broad SMARTS) is 1. The first kappa shape index (κ1) is 15.7. The minimum absolute atomic E-state index is 0.0987. The molecule has 0 aromatic rings. The summed E-state index contributed by atoms with van der Waals surface area (Å²) in [4.78, 5) is 24.8. The summed E-state index contributed by atoms with van der Waals surface area (Å²) in [5, 5.41) is 11.6. The highest BCUT2D eigenvalue weighted by atomic mass is 16.4. The number of hydrogen-bond donors (Lipinski definition) is 2. The van der Waals surface area contributed by atoms with Crippen molar-refractivity contribution in [3.05, 3.63) is 11.1 Å². The van der Waals surface area contributed by atoms with Crippen LogP contribution in [-0.4, -0.2) is 48.1 Å². The summed E-state index contributed by atoms with van der Waals surface area (Å²) < 4.78 is 0. The first-order valence-corrected chi connectivity index (χ1v) is 6.82. The monoisotopic (exact) mass is 268 g/mol. The van der Waals surface area contributed by atoms with Crippen LogP contribution in [0.15, 0.2) is 11.1 Å². The van der Waals surface area contributed by atoms with Crippen LogP contribution in [0.4, 0.5) is 0 Å². The fraction of sp³-hybridized carbons (Fsp3) is 0.714. The molecular weight excluding hydrogens is 244 g/mol. The van der Waals surface area contributed by atoms with Crippen molar-refractivity contribution in [2.24, 2.45) is 0 Å². The molecule has 1 rings (SSSR count). The zero-order chi connectivity index (χ0) is 14.4. The third kappa shape index (κ3) is 4.67. The topological polar surface area (TPSA) is 69.6 Å². The van der Waals surface area contributed by atoms with Crippen LogP contribution in [0.1, 0.15) is 39.5 Å². The minimum atomic E-state index is -1.05. The molecule has 1 fully saturated rings. The molecule has 1 aliphatic rings. The Balaban J connectivity index is 2.34. The van der Waals surface area contributed by atoms with Crippen molar-refractivity contribution in [3.8, 4) is 0 Å². The Morgan fingerprint density at radius 1 is 1.21 bits per heavy atom. The maximum atomic E-state index is 11.7. The second kappa shape index (κ2) is 7.28. The van der Waals surface area contributed by atoms with Gasteiger partial charge in [-0.05, 0) is 33.7 Å². The summed E-state index contributed by atoms with van der Waals surface area (Å²) in [5.74, 6) is -1.34. The number of aliphatic carboxylic acids is 1. The van der Waals surface area contributed by atoms with Gasteiger partial charge in [-0.15, -0.1) is 0 Å². The third-order valence-electron chi connectivity index (χ3n) is 3.92. The van der Waals surface area contributed by atoms with Crippen LogP contribution in [0.2, 0.25) is 0 Å². The normalized spacial score (nSPS) is 17.5. The standard InChI is InChI=1S/C14H24N2O3/c1-10(11(2)14(18)19)13(17)15-8-9-16(3)12-6-4-5-7-12/h12H,4-9H2,1-3H3,(H,15,17)(H,18,19). The summed E-state index contributed by atoms with van der Waals surface area (Å²) in [7, 11) is 2.08. The molecule has 2 N–H and O–H groups in total. The van der Waals surface area contributed by atoms with Crippen LogP contribution < -0.4 is 5.32 Å². The summed E-state index contributed by atoms with van der Waals surface area (Å²) >= 11 is 0. The van der Waals surface area contributed by atoms with E-state index in [9.17, 15) is 9.59 Å². The second-order valence-electron chi connectivity index (χ2n) is 5.23. The first-order valence-electron chi connectivity index (χ1n) is 6.82. The van der Waals surface area contributed by atoms with Gasteiger partial charge in [0, 0.05) is 30.3 Å². The Morgan fingerprint density at radius 2 is 1.79 bits per heavy atom. The maximum Gasteiger partial charge on any atom is 0.331 e. The quantitative estimate of drug-likeness (QED) is 0.714. The van der Waals surface area contributed by atoms with Gasteiger partial charge in [0.05, 0.1) is 0 Å². The molecule has 108 valence electrons. The van der Waals surface area contributed by atoms with Gasteiger partial charge in [0.1, 0.15) is 0 Å². The van der Waals surface area contributed by atoms with Crippen LogP contribution in [0.3, 0.4) is 0 Å². The van der Waals surface area contributed by atoms with Crippen LogP contribution in [0, 0.1) is 0 Å². The zero-order valence-electron chi connectivity index (χ0n) is 12.0. The van der Waals surface area contributed by atoms with Crippen molar-refractivity contribution in [1.82, 2.24) is 10.2 Å². The number of carboxylic acids is 1. The van der Waals surface area contributed by atoms with E-state index < -0.39 is 5.97 Å². The fourth-order valence-corrected chi connectivity index (χ4v) is 2.34. The number of nitrogens with one attached hydrogen (secondary N) is 1. The molecule has 0 aromatic carbocycles. The number of nitrogens with zero attached hydrogens (tertiary/aromatic N) is 1. The van der Waals surface area contributed by atoms with Crippen molar-refractivity contribution >= 4 is 11.9 Å². The number of carbonyl (C=O) groups is 2. The van der Waals surface area contributed by atoms with Gasteiger partial charge in [-0.25, -0.2) is 4.79 Å². The number of likely N-dealkylation sites (N-methyl/N-ethyl adjacent to an activating group) is 1. The smallest absolute Gasteiger partial charge is 0.331 e. The lowest BCUT2D eigenvalue weighted by atomic mass is 10.1. The van der Waals surface area contributed by atoms with E-state index in [1.807, 2.05) is 0 Å². The molecule has 1 saturated carbocycles. The molecule has 5 nitrogen and oxygen atoms in total. The third-order valence-corrected chi connectivity index (χ3v) is 3.92. The van der Waals surface area contributed by atoms with Crippen molar-refractivity contribution in [2.45, 2.75) is 45.6 Å². The summed E-state index contributed by atoms with van der Waals surface area (Å²) in [6.07, 6.45) is 5.06. The average Bonchev–Trinajstić information content (AvgIpc) is 2.90. The predicted molar refractivity (Wildman–Crippen MR) is 73.9 cm³/mol. The molecule has 1 amide bonds. The maximum absolute atomic E-state index is 11.7. The van der Waals surface area contributed by atoms with Crippen LogP contribution >= 0.6 is 0 Å². The van der Waals surface area contributed by atoms with Crippen molar-refractivity contribution in [2.75, 3.05) is 20.1 Å². The van der Waals surface area contributed by atoms with Crippen molar-refractivity contribution in [3.63, 3.8) is 0 Å². The van der Waals surface area contributed by atoms with Crippen LogP contribution in [-0.2, 0) is 9.59 Å². The largest absolute Gasteiger partial charge is 0.478 e.